The smallest absolute Gasteiger partial charge is 0.295 e. The third-order valence-corrected chi connectivity index (χ3v) is 4.29. The van der Waals surface area contributed by atoms with E-state index in [9.17, 15) is 14.9 Å². The van der Waals surface area contributed by atoms with Crippen LogP contribution in [0.25, 0.3) is 10.9 Å². The molecule has 1 amide bonds. The fourth-order valence-corrected chi connectivity index (χ4v) is 3.35. The maximum Gasteiger partial charge on any atom is 0.295 e. The molecule has 2 aromatic rings. The molecule has 1 atom stereocenters. The van der Waals surface area contributed by atoms with Crippen molar-refractivity contribution >= 4 is 28.2 Å². The van der Waals surface area contributed by atoms with Crippen LogP contribution in [0.4, 0.5) is 11.4 Å². The molecule has 0 bridgehead atoms. The fraction of sp³-hybridized carbons (Fsp3) is 0.412. The van der Waals surface area contributed by atoms with Gasteiger partial charge in [0.1, 0.15) is 0 Å². The van der Waals surface area contributed by atoms with E-state index in [1.54, 1.807) is 6.07 Å². The van der Waals surface area contributed by atoms with Gasteiger partial charge in [0.05, 0.1) is 4.92 Å². The number of fused-ring (bicyclic) bond motifs is 1. The number of nitro groups is 1. The molecular weight excluding hydrogens is 308 g/mol. The molecule has 1 aliphatic rings. The molecule has 1 aliphatic heterocycles. The van der Waals surface area contributed by atoms with Crippen molar-refractivity contribution in [1.29, 1.82) is 0 Å². The van der Waals surface area contributed by atoms with Crippen molar-refractivity contribution in [3.63, 3.8) is 0 Å². The van der Waals surface area contributed by atoms with E-state index in [0.29, 0.717) is 12.1 Å². The van der Waals surface area contributed by atoms with Gasteiger partial charge in [0.15, 0.2) is 5.52 Å². The topological polar surface area (TPSA) is 88.4 Å². The van der Waals surface area contributed by atoms with Crippen LogP contribution < -0.4 is 10.2 Å². The molecule has 24 heavy (non-hydrogen) atoms. The molecule has 2 heterocycles. The summed E-state index contributed by atoms with van der Waals surface area (Å²) in [6.45, 7) is 4.92. The van der Waals surface area contributed by atoms with Crippen molar-refractivity contribution in [2.45, 2.75) is 32.7 Å². The van der Waals surface area contributed by atoms with Gasteiger partial charge >= 0.3 is 0 Å². The fourth-order valence-electron chi connectivity index (χ4n) is 3.35. The van der Waals surface area contributed by atoms with E-state index in [-0.39, 0.29) is 17.6 Å². The van der Waals surface area contributed by atoms with Crippen LogP contribution in [0.3, 0.4) is 0 Å². The second kappa shape index (κ2) is 6.43. The van der Waals surface area contributed by atoms with Crippen molar-refractivity contribution < 1.29 is 9.72 Å². The summed E-state index contributed by atoms with van der Waals surface area (Å²) in [7, 11) is 0. The van der Waals surface area contributed by atoms with Gasteiger partial charge in [0.25, 0.3) is 5.69 Å². The first-order valence-corrected chi connectivity index (χ1v) is 8.02. The average Bonchev–Trinajstić information content (AvgIpc) is 2.53. The summed E-state index contributed by atoms with van der Waals surface area (Å²) in [6.07, 6.45) is 1.90. The monoisotopic (exact) mass is 328 g/mol. The van der Waals surface area contributed by atoms with Gasteiger partial charge in [-0.2, -0.15) is 0 Å². The van der Waals surface area contributed by atoms with Gasteiger partial charge < -0.3 is 10.2 Å². The third kappa shape index (κ3) is 3.15. The first-order chi connectivity index (χ1) is 11.5. The number of nitro benzene ring substituents is 1. The first kappa shape index (κ1) is 16.2. The molecule has 1 fully saturated rings. The molecule has 7 nitrogen and oxygen atoms in total. The number of nitrogens with one attached hydrogen (secondary N) is 1. The minimum atomic E-state index is -0.394. The number of nitrogens with zero attached hydrogens (tertiary/aromatic N) is 3. The molecule has 1 saturated heterocycles. The summed E-state index contributed by atoms with van der Waals surface area (Å²) in [5.74, 6) is -0.0340. The van der Waals surface area contributed by atoms with Gasteiger partial charge in [0.2, 0.25) is 5.91 Å². The number of amides is 1. The zero-order chi connectivity index (χ0) is 17.3. The van der Waals surface area contributed by atoms with Gasteiger partial charge in [-0.3, -0.25) is 14.9 Å². The van der Waals surface area contributed by atoms with Crippen molar-refractivity contribution in [2.24, 2.45) is 0 Å². The van der Waals surface area contributed by atoms with Crippen molar-refractivity contribution in [1.82, 2.24) is 10.3 Å². The van der Waals surface area contributed by atoms with Crippen LogP contribution in [0.15, 0.2) is 24.3 Å². The Bertz CT molecular complexity index is 806. The Morgan fingerprint density at radius 3 is 2.96 bits per heavy atom. The van der Waals surface area contributed by atoms with Crippen LogP contribution >= 0.6 is 0 Å². The number of benzene rings is 1. The predicted octanol–water partition coefficient (Wildman–Crippen LogP) is 2.56. The van der Waals surface area contributed by atoms with E-state index >= 15 is 0 Å². The normalized spacial score (nSPS) is 17.8. The van der Waals surface area contributed by atoms with Crippen molar-refractivity contribution in [3.8, 4) is 0 Å². The van der Waals surface area contributed by atoms with Crippen molar-refractivity contribution in [3.05, 3.63) is 40.1 Å². The van der Waals surface area contributed by atoms with E-state index in [4.69, 9.17) is 0 Å². The summed E-state index contributed by atoms with van der Waals surface area (Å²) in [6, 6.07) is 7.10. The second-order valence-electron chi connectivity index (χ2n) is 6.20. The second-order valence-corrected chi connectivity index (χ2v) is 6.20. The summed E-state index contributed by atoms with van der Waals surface area (Å²) in [5.41, 5.74) is 2.12. The summed E-state index contributed by atoms with van der Waals surface area (Å²) < 4.78 is 0. The number of para-hydroxylation sites is 1. The zero-order valence-electron chi connectivity index (χ0n) is 13.8. The molecule has 1 aromatic heterocycles. The van der Waals surface area contributed by atoms with E-state index in [2.05, 4.69) is 15.2 Å². The lowest BCUT2D eigenvalue weighted by molar-refractivity contribution is -0.383. The van der Waals surface area contributed by atoms with Crippen LogP contribution in [-0.4, -0.2) is 34.9 Å². The van der Waals surface area contributed by atoms with Crippen LogP contribution in [0.5, 0.6) is 0 Å². The van der Waals surface area contributed by atoms with Crippen LogP contribution in [-0.2, 0) is 4.79 Å². The molecule has 0 aliphatic carbocycles. The largest absolute Gasteiger partial charge is 0.369 e. The number of carbonyl (C=O) groups excluding carboxylic acids is 1. The van der Waals surface area contributed by atoms with Gasteiger partial charge in [-0.1, -0.05) is 12.1 Å². The summed E-state index contributed by atoms with van der Waals surface area (Å²) >= 11 is 0. The molecule has 3 rings (SSSR count). The first-order valence-electron chi connectivity index (χ1n) is 8.02. The predicted molar refractivity (Wildman–Crippen MR) is 92.2 cm³/mol. The summed E-state index contributed by atoms with van der Waals surface area (Å²) in [5, 5.41) is 15.0. The number of anilines is 1. The number of rotatable bonds is 3. The van der Waals surface area contributed by atoms with E-state index in [1.165, 1.54) is 13.0 Å². The number of aryl methyl sites for hydroxylation is 1. The number of pyridine rings is 1. The zero-order valence-corrected chi connectivity index (χ0v) is 13.8. The van der Waals surface area contributed by atoms with Crippen LogP contribution in [0.2, 0.25) is 0 Å². The number of aromatic nitrogens is 1. The van der Waals surface area contributed by atoms with Gasteiger partial charge in [-0.15, -0.1) is 0 Å². The Balaban J connectivity index is 2.04. The van der Waals surface area contributed by atoms with E-state index < -0.39 is 4.92 Å². The van der Waals surface area contributed by atoms with Crippen LogP contribution in [0, 0.1) is 17.0 Å². The maximum atomic E-state index is 11.3. The SMILES string of the molecule is CC(=O)NC1CCCN(c2cc(C)nc3c([N+](=O)[O-])cccc23)C1. The molecule has 0 spiro atoms. The number of hydrogen-bond donors (Lipinski definition) is 1. The highest BCUT2D eigenvalue weighted by Crippen LogP contribution is 2.33. The summed E-state index contributed by atoms with van der Waals surface area (Å²) in [4.78, 5) is 28.8. The Hall–Kier alpha value is -2.70. The lowest BCUT2D eigenvalue weighted by atomic mass is 10.0. The van der Waals surface area contributed by atoms with E-state index in [1.807, 2.05) is 19.1 Å². The quantitative estimate of drug-likeness (QED) is 0.691. The van der Waals surface area contributed by atoms with Crippen LogP contribution in [0.1, 0.15) is 25.5 Å². The molecule has 0 saturated carbocycles. The third-order valence-electron chi connectivity index (χ3n) is 4.29. The maximum absolute atomic E-state index is 11.3. The lowest BCUT2D eigenvalue weighted by Gasteiger charge is -2.35. The minimum Gasteiger partial charge on any atom is -0.369 e. The molecule has 7 heteroatoms. The molecule has 126 valence electrons. The molecular formula is C17H20N4O3. The van der Waals surface area contributed by atoms with Gasteiger partial charge in [0, 0.05) is 48.9 Å². The Labute approximate surface area is 139 Å². The molecule has 1 N–H and O–H groups in total. The highest BCUT2D eigenvalue weighted by Gasteiger charge is 2.24. The highest BCUT2D eigenvalue weighted by molar-refractivity contribution is 5.97. The number of piperidine rings is 1. The van der Waals surface area contributed by atoms with Crippen molar-refractivity contribution in [2.75, 3.05) is 18.0 Å². The number of carbonyl (C=O) groups is 1. The van der Waals surface area contributed by atoms with E-state index in [0.717, 1.165) is 36.2 Å². The number of non-ortho nitro benzene ring substituents is 1. The molecule has 1 aromatic carbocycles. The number of hydrogen-bond acceptors (Lipinski definition) is 5. The lowest BCUT2D eigenvalue weighted by Crippen LogP contribution is -2.47. The Kier molecular flexibility index (Phi) is 4.33. The Morgan fingerprint density at radius 2 is 2.25 bits per heavy atom. The average molecular weight is 328 g/mol. The molecule has 0 radical (unpaired) electrons. The minimum absolute atomic E-state index is 0.0212. The highest BCUT2D eigenvalue weighted by atomic mass is 16.6. The van der Waals surface area contributed by atoms with Gasteiger partial charge in [-0.05, 0) is 25.8 Å². The standard InChI is InChI=1S/C17H20N4O3/c1-11-9-16(20-8-4-5-13(10-20)19-12(2)22)14-6-3-7-15(21(23)24)17(14)18-11/h3,6-7,9,13H,4-5,8,10H2,1-2H3,(H,19,22). The van der Waals surface area contributed by atoms with Gasteiger partial charge in [-0.25, -0.2) is 4.98 Å². The Morgan fingerprint density at radius 1 is 1.46 bits per heavy atom. The molecule has 1 unspecified atom stereocenters.